The maximum atomic E-state index is 12.7. The molecule has 1 saturated heterocycles. The first kappa shape index (κ1) is 19.4. The molecule has 0 spiro atoms. The molecular weight excluding hydrogens is 362 g/mol. The second kappa shape index (κ2) is 7.73. The van der Waals surface area contributed by atoms with Gasteiger partial charge in [0, 0.05) is 23.7 Å². The van der Waals surface area contributed by atoms with E-state index in [9.17, 15) is 9.59 Å². The van der Waals surface area contributed by atoms with E-state index >= 15 is 0 Å². The minimum atomic E-state index is -0.489. The van der Waals surface area contributed by atoms with Crippen LogP contribution in [-0.4, -0.2) is 18.4 Å². The predicted octanol–water partition coefficient (Wildman–Crippen LogP) is 5.04. The summed E-state index contributed by atoms with van der Waals surface area (Å²) in [5, 5.41) is 0.604. The molecule has 0 aromatic heterocycles. The van der Waals surface area contributed by atoms with E-state index in [1.807, 2.05) is 44.2 Å². The molecule has 0 radical (unpaired) electrons. The fourth-order valence-corrected chi connectivity index (χ4v) is 3.55. The van der Waals surface area contributed by atoms with Gasteiger partial charge in [-0.05, 0) is 54.7 Å². The molecule has 2 aromatic rings. The van der Waals surface area contributed by atoms with Crippen molar-refractivity contribution in [1.82, 2.24) is 0 Å². The van der Waals surface area contributed by atoms with Crippen molar-refractivity contribution >= 4 is 29.2 Å². The molecule has 0 bridgehead atoms. The number of amides is 1. The lowest BCUT2D eigenvalue weighted by molar-refractivity contribution is -0.139. The van der Waals surface area contributed by atoms with Crippen molar-refractivity contribution in [3.63, 3.8) is 0 Å². The second-order valence-electron chi connectivity index (χ2n) is 7.41. The average Bonchev–Trinajstić information content (AvgIpc) is 2.99. The van der Waals surface area contributed by atoms with E-state index < -0.39 is 5.92 Å². The summed E-state index contributed by atoms with van der Waals surface area (Å²) >= 11 is 6.18. The molecule has 0 saturated carbocycles. The lowest BCUT2D eigenvalue weighted by Crippen LogP contribution is -2.28. The number of hydrogen-bond acceptors (Lipinski definition) is 3. The van der Waals surface area contributed by atoms with Crippen molar-refractivity contribution in [2.75, 3.05) is 11.4 Å². The number of anilines is 1. The van der Waals surface area contributed by atoms with Crippen LogP contribution in [0.4, 0.5) is 5.69 Å². The number of benzene rings is 2. The molecule has 3 rings (SSSR count). The van der Waals surface area contributed by atoms with Crippen LogP contribution in [0.5, 0.6) is 5.75 Å². The number of esters is 1. The lowest BCUT2D eigenvalue weighted by atomic mass is 10.0. The Morgan fingerprint density at radius 3 is 2.67 bits per heavy atom. The van der Waals surface area contributed by atoms with Crippen LogP contribution in [0.15, 0.2) is 36.4 Å². The fourth-order valence-electron chi connectivity index (χ4n) is 3.39. The molecule has 0 N–H and O–H groups in total. The highest BCUT2D eigenvalue weighted by Crippen LogP contribution is 2.33. The van der Waals surface area contributed by atoms with Crippen LogP contribution in [0.25, 0.3) is 0 Å². The van der Waals surface area contributed by atoms with Gasteiger partial charge in [0.05, 0.1) is 5.92 Å². The van der Waals surface area contributed by atoms with Gasteiger partial charge in [-0.2, -0.15) is 0 Å². The van der Waals surface area contributed by atoms with Gasteiger partial charge in [0.25, 0.3) is 0 Å². The fraction of sp³-hybridized carbons (Fsp3) is 0.364. The zero-order chi connectivity index (χ0) is 19.7. The topological polar surface area (TPSA) is 46.6 Å². The lowest BCUT2D eigenvalue weighted by Gasteiger charge is -2.20. The standard InChI is InChI=1S/C22H24ClNO3/c1-13(2)17-9-8-14(3)10-20(17)27-22(26)16-11-21(25)24(12-16)19-7-5-6-18(23)15(19)4/h5-10,13,16H,11-12H2,1-4H3/t16-/m1/s1. The van der Waals surface area contributed by atoms with Crippen molar-refractivity contribution in [3.05, 3.63) is 58.1 Å². The number of halogens is 1. The third kappa shape index (κ3) is 4.01. The van der Waals surface area contributed by atoms with Crippen LogP contribution in [0.2, 0.25) is 5.02 Å². The smallest absolute Gasteiger partial charge is 0.316 e. The molecule has 1 aliphatic rings. The monoisotopic (exact) mass is 385 g/mol. The number of nitrogens with zero attached hydrogens (tertiary/aromatic N) is 1. The first-order valence-corrected chi connectivity index (χ1v) is 9.53. The van der Waals surface area contributed by atoms with Crippen molar-refractivity contribution in [2.24, 2.45) is 5.92 Å². The number of hydrogen-bond donors (Lipinski definition) is 0. The Balaban J connectivity index is 1.79. The molecule has 1 aliphatic heterocycles. The maximum Gasteiger partial charge on any atom is 0.316 e. The minimum Gasteiger partial charge on any atom is -0.426 e. The third-order valence-corrected chi connectivity index (χ3v) is 5.40. The molecule has 1 fully saturated rings. The van der Waals surface area contributed by atoms with Gasteiger partial charge in [0.1, 0.15) is 5.75 Å². The summed E-state index contributed by atoms with van der Waals surface area (Å²) < 4.78 is 5.71. The van der Waals surface area contributed by atoms with Crippen LogP contribution in [-0.2, 0) is 9.59 Å². The van der Waals surface area contributed by atoms with E-state index in [2.05, 4.69) is 13.8 Å². The second-order valence-corrected chi connectivity index (χ2v) is 7.81. The van der Waals surface area contributed by atoms with Gasteiger partial charge < -0.3 is 9.64 Å². The summed E-state index contributed by atoms with van der Waals surface area (Å²) in [6.45, 7) is 8.26. The van der Waals surface area contributed by atoms with Crippen LogP contribution >= 0.6 is 11.6 Å². The van der Waals surface area contributed by atoms with Crippen LogP contribution in [0.1, 0.15) is 42.9 Å². The van der Waals surface area contributed by atoms with Gasteiger partial charge >= 0.3 is 5.97 Å². The van der Waals surface area contributed by atoms with Crippen molar-refractivity contribution in [1.29, 1.82) is 0 Å². The number of carbonyl (C=O) groups excluding carboxylic acids is 2. The van der Waals surface area contributed by atoms with Crippen LogP contribution in [0, 0.1) is 19.8 Å². The van der Waals surface area contributed by atoms with Crippen molar-refractivity contribution < 1.29 is 14.3 Å². The van der Waals surface area contributed by atoms with Gasteiger partial charge in [-0.1, -0.05) is 43.6 Å². The molecule has 1 atom stereocenters. The summed E-state index contributed by atoms with van der Waals surface area (Å²) in [5.74, 6) is -0.117. The summed E-state index contributed by atoms with van der Waals surface area (Å²) in [7, 11) is 0. The molecule has 1 heterocycles. The number of carbonyl (C=O) groups is 2. The molecule has 1 amide bonds. The van der Waals surface area contributed by atoms with Gasteiger partial charge in [-0.15, -0.1) is 0 Å². The quantitative estimate of drug-likeness (QED) is 0.547. The van der Waals surface area contributed by atoms with Crippen molar-refractivity contribution in [3.8, 4) is 5.75 Å². The maximum absolute atomic E-state index is 12.7. The summed E-state index contributed by atoms with van der Waals surface area (Å²) in [6.07, 6.45) is 0.146. The highest BCUT2D eigenvalue weighted by atomic mass is 35.5. The highest BCUT2D eigenvalue weighted by molar-refractivity contribution is 6.31. The van der Waals surface area contributed by atoms with Gasteiger partial charge in [0.2, 0.25) is 5.91 Å². The van der Waals surface area contributed by atoms with E-state index in [1.54, 1.807) is 11.0 Å². The molecule has 27 heavy (non-hydrogen) atoms. The summed E-state index contributed by atoms with van der Waals surface area (Å²) in [5.41, 5.74) is 3.60. The Kier molecular flexibility index (Phi) is 5.56. The number of aryl methyl sites for hydroxylation is 1. The molecular formula is C22H24ClNO3. The molecule has 0 aliphatic carbocycles. The van der Waals surface area contributed by atoms with E-state index in [0.29, 0.717) is 17.3 Å². The van der Waals surface area contributed by atoms with Gasteiger partial charge in [-0.25, -0.2) is 0 Å². The van der Waals surface area contributed by atoms with Crippen molar-refractivity contribution in [2.45, 2.75) is 40.0 Å². The normalized spacial score (nSPS) is 16.9. The molecule has 142 valence electrons. The van der Waals surface area contributed by atoms with E-state index in [0.717, 1.165) is 22.4 Å². The Morgan fingerprint density at radius 1 is 1.22 bits per heavy atom. The highest BCUT2D eigenvalue weighted by Gasteiger charge is 2.37. The Labute approximate surface area is 165 Å². The van der Waals surface area contributed by atoms with E-state index in [1.165, 1.54) is 0 Å². The van der Waals surface area contributed by atoms with Gasteiger partial charge in [0.15, 0.2) is 0 Å². The first-order valence-electron chi connectivity index (χ1n) is 9.15. The van der Waals surface area contributed by atoms with Crippen LogP contribution < -0.4 is 9.64 Å². The van der Waals surface area contributed by atoms with Crippen LogP contribution in [0.3, 0.4) is 0 Å². The largest absolute Gasteiger partial charge is 0.426 e. The van der Waals surface area contributed by atoms with E-state index in [-0.39, 0.29) is 24.2 Å². The molecule has 4 nitrogen and oxygen atoms in total. The van der Waals surface area contributed by atoms with E-state index in [4.69, 9.17) is 16.3 Å². The third-order valence-electron chi connectivity index (χ3n) is 4.99. The Hall–Kier alpha value is -2.33. The Bertz CT molecular complexity index is 891. The zero-order valence-corrected chi connectivity index (χ0v) is 16.8. The zero-order valence-electron chi connectivity index (χ0n) is 16.1. The summed E-state index contributed by atoms with van der Waals surface area (Å²) in [4.78, 5) is 26.9. The van der Waals surface area contributed by atoms with Gasteiger partial charge in [-0.3, -0.25) is 9.59 Å². The first-order chi connectivity index (χ1) is 12.8. The minimum absolute atomic E-state index is 0.0874. The predicted molar refractivity (Wildman–Crippen MR) is 108 cm³/mol. The Morgan fingerprint density at radius 2 is 1.96 bits per heavy atom. The number of ether oxygens (including phenoxy) is 1. The molecule has 2 aromatic carbocycles. The molecule has 0 unspecified atom stereocenters. The SMILES string of the molecule is Cc1ccc(C(C)C)c(OC(=O)[C@@H]2CC(=O)N(c3cccc(Cl)c3C)C2)c1. The summed E-state index contributed by atoms with van der Waals surface area (Å²) in [6, 6.07) is 11.3. The average molecular weight is 386 g/mol. The number of rotatable bonds is 4. The molecule has 5 heteroatoms.